The molecular formula is C22H22F3N3O4. The Kier molecular flexibility index (Phi) is 8.07. The molecule has 32 heavy (non-hydrogen) atoms. The molecule has 1 amide bonds. The van der Waals surface area contributed by atoms with E-state index in [1.165, 1.54) is 6.08 Å². The van der Waals surface area contributed by atoms with Gasteiger partial charge in [-0.2, -0.15) is 18.4 Å². The minimum absolute atomic E-state index is 0.388. The van der Waals surface area contributed by atoms with Crippen molar-refractivity contribution in [1.29, 1.82) is 5.26 Å². The van der Waals surface area contributed by atoms with Gasteiger partial charge in [0.15, 0.2) is 6.61 Å². The van der Waals surface area contributed by atoms with Gasteiger partial charge in [0, 0.05) is 17.1 Å². The van der Waals surface area contributed by atoms with Crippen LogP contribution in [0, 0.1) is 25.2 Å². The van der Waals surface area contributed by atoms with Crippen LogP contribution in [0.15, 0.2) is 35.9 Å². The molecule has 1 N–H and O–H groups in total. The molecule has 0 bridgehead atoms. The molecule has 7 nitrogen and oxygen atoms in total. The molecular weight excluding hydrogens is 427 g/mol. The zero-order chi connectivity index (χ0) is 23.9. The summed E-state index contributed by atoms with van der Waals surface area (Å²) in [4.78, 5) is 23.5. The number of carbonyl (C=O) groups is 2. The Morgan fingerprint density at radius 3 is 2.44 bits per heavy atom. The van der Waals surface area contributed by atoms with Crippen molar-refractivity contribution in [2.24, 2.45) is 0 Å². The number of amides is 1. The highest BCUT2D eigenvalue weighted by Gasteiger charge is 2.28. The lowest BCUT2D eigenvalue weighted by atomic mass is 10.1. The van der Waals surface area contributed by atoms with E-state index in [-0.39, 0.29) is 5.57 Å². The number of carbonyl (C=O) groups excluding carboxylic acids is 2. The number of halogens is 3. The van der Waals surface area contributed by atoms with Crippen LogP contribution in [0.5, 0.6) is 5.75 Å². The molecule has 1 aromatic heterocycles. The van der Waals surface area contributed by atoms with Gasteiger partial charge < -0.3 is 19.4 Å². The number of aromatic nitrogens is 1. The molecule has 0 fully saturated rings. The molecule has 0 atom stereocenters. The average molecular weight is 449 g/mol. The summed E-state index contributed by atoms with van der Waals surface area (Å²) in [7, 11) is 0. The number of hydrogen-bond acceptors (Lipinski definition) is 5. The van der Waals surface area contributed by atoms with Crippen LogP contribution in [0.1, 0.15) is 23.9 Å². The van der Waals surface area contributed by atoms with Crippen molar-refractivity contribution in [2.75, 3.05) is 19.8 Å². The van der Waals surface area contributed by atoms with E-state index in [4.69, 9.17) is 4.74 Å². The van der Waals surface area contributed by atoms with Gasteiger partial charge in [0.25, 0.3) is 5.91 Å². The molecule has 1 heterocycles. The molecule has 170 valence electrons. The van der Waals surface area contributed by atoms with Crippen LogP contribution < -0.4 is 10.1 Å². The molecule has 0 radical (unpaired) electrons. The first kappa shape index (κ1) is 24.5. The number of hydrogen-bond donors (Lipinski definition) is 1. The average Bonchev–Trinajstić information content (AvgIpc) is 3.02. The standard InChI is InChI=1S/C22H22F3N3O4/c1-4-31-19-7-5-18(6-8-19)28-14(2)9-16(15(28)3)10-17(11-26)21(30)32-12-20(29)27-13-22(23,24)25/h5-10H,4,12-13H2,1-3H3,(H,27,29)/b17-10+. The first-order valence-electron chi connectivity index (χ1n) is 9.60. The number of ether oxygens (including phenoxy) is 2. The molecule has 0 spiro atoms. The first-order valence-corrected chi connectivity index (χ1v) is 9.60. The van der Waals surface area contributed by atoms with Crippen LogP contribution in [-0.2, 0) is 14.3 Å². The van der Waals surface area contributed by atoms with Crippen LogP contribution in [0.25, 0.3) is 11.8 Å². The van der Waals surface area contributed by atoms with Crippen LogP contribution in [0.3, 0.4) is 0 Å². The Morgan fingerprint density at radius 1 is 1.22 bits per heavy atom. The van der Waals surface area contributed by atoms with Crippen LogP contribution in [-0.4, -0.2) is 42.4 Å². The molecule has 0 aliphatic carbocycles. The van der Waals surface area contributed by atoms with Gasteiger partial charge in [-0.3, -0.25) is 4.79 Å². The minimum Gasteiger partial charge on any atom is -0.494 e. The highest BCUT2D eigenvalue weighted by Crippen LogP contribution is 2.24. The number of nitriles is 1. The zero-order valence-electron chi connectivity index (χ0n) is 17.7. The van der Waals surface area contributed by atoms with Crippen molar-refractivity contribution in [2.45, 2.75) is 26.9 Å². The Hall–Kier alpha value is -3.74. The van der Waals surface area contributed by atoms with E-state index in [1.807, 2.05) is 42.7 Å². The summed E-state index contributed by atoms with van der Waals surface area (Å²) in [5.74, 6) is -1.50. The fourth-order valence-corrected chi connectivity index (χ4v) is 2.94. The fourth-order valence-electron chi connectivity index (χ4n) is 2.94. The van der Waals surface area contributed by atoms with E-state index in [0.29, 0.717) is 12.2 Å². The molecule has 0 aliphatic heterocycles. The van der Waals surface area contributed by atoms with E-state index >= 15 is 0 Å². The summed E-state index contributed by atoms with van der Waals surface area (Å²) >= 11 is 0. The topological polar surface area (TPSA) is 93.3 Å². The molecule has 2 aromatic rings. The van der Waals surface area contributed by atoms with E-state index in [2.05, 4.69) is 4.74 Å². The van der Waals surface area contributed by atoms with Gasteiger partial charge in [-0.05, 0) is 62.7 Å². The molecule has 0 saturated heterocycles. The highest BCUT2D eigenvalue weighted by atomic mass is 19.4. The van der Waals surface area contributed by atoms with Crippen LogP contribution in [0.2, 0.25) is 0 Å². The third-order valence-electron chi connectivity index (χ3n) is 4.34. The predicted octanol–water partition coefficient (Wildman–Crippen LogP) is 3.62. The first-order chi connectivity index (χ1) is 15.1. The minimum atomic E-state index is -4.58. The Labute approximate surface area is 183 Å². The molecule has 1 aromatic carbocycles. The summed E-state index contributed by atoms with van der Waals surface area (Å²) < 4.78 is 48.3. The number of nitrogens with one attached hydrogen (secondary N) is 1. The zero-order valence-corrected chi connectivity index (χ0v) is 17.7. The van der Waals surface area contributed by atoms with Crippen molar-refractivity contribution >= 4 is 18.0 Å². The lowest BCUT2D eigenvalue weighted by Gasteiger charge is -2.11. The third-order valence-corrected chi connectivity index (χ3v) is 4.34. The summed E-state index contributed by atoms with van der Waals surface area (Å²) in [6.07, 6.45) is -3.27. The van der Waals surface area contributed by atoms with Gasteiger partial charge in [0.05, 0.1) is 6.61 Å². The fraction of sp³-hybridized carbons (Fsp3) is 0.318. The number of rotatable bonds is 8. The smallest absolute Gasteiger partial charge is 0.405 e. The Balaban J connectivity index is 2.15. The molecule has 10 heteroatoms. The third kappa shape index (κ3) is 6.63. The van der Waals surface area contributed by atoms with E-state index in [0.717, 1.165) is 22.8 Å². The summed E-state index contributed by atoms with van der Waals surface area (Å²) in [5.41, 5.74) is 2.63. The van der Waals surface area contributed by atoms with E-state index < -0.39 is 31.2 Å². The SMILES string of the molecule is CCOc1ccc(-n2c(C)cc(/C=C(\C#N)C(=O)OCC(=O)NCC(F)(F)F)c2C)cc1. The normalized spacial score (nSPS) is 11.6. The molecule has 0 aliphatic rings. The summed E-state index contributed by atoms with van der Waals surface area (Å²) in [5, 5.41) is 10.9. The maximum absolute atomic E-state index is 12.1. The van der Waals surface area contributed by atoms with Crippen LogP contribution >= 0.6 is 0 Å². The monoisotopic (exact) mass is 449 g/mol. The quantitative estimate of drug-likeness (QED) is 0.378. The predicted molar refractivity (Wildman–Crippen MR) is 110 cm³/mol. The van der Waals surface area contributed by atoms with Crippen LogP contribution in [0.4, 0.5) is 13.2 Å². The van der Waals surface area contributed by atoms with Gasteiger partial charge in [-0.15, -0.1) is 0 Å². The Morgan fingerprint density at radius 2 is 1.88 bits per heavy atom. The number of esters is 1. The van der Waals surface area contributed by atoms with Crippen molar-refractivity contribution < 1.29 is 32.2 Å². The summed E-state index contributed by atoms with van der Waals surface area (Å²) in [6.45, 7) is 3.63. The van der Waals surface area contributed by atoms with Gasteiger partial charge in [-0.25, -0.2) is 4.79 Å². The Bertz CT molecular complexity index is 1050. The van der Waals surface area contributed by atoms with Crippen molar-refractivity contribution in [3.8, 4) is 17.5 Å². The maximum atomic E-state index is 12.1. The molecule has 2 rings (SSSR count). The van der Waals surface area contributed by atoms with E-state index in [1.54, 1.807) is 24.4 Å². The lowest BCUT2D eigenvalue weighted by molar-refractivity contribution is -0.148. The van der Waals surface area contributed by atoms with Crippen molar-refractivity contribution in [1.82, 2.24) is 9.88 Å². The van der Waals surface area contributed by atoms with Gasteiger partial charge in [0.1, 0.15) is 23.9 Å². The number of benzene rings is 1. The number of nitrogens with zero attached hydrogens (tertiary/aromatic N) is 2. The second-order valence-corrected chi connectivity index (χ2v) is 6.73. The van der Waals surface area contributed by atoms with Gasteiger partial charge >= 0.3 is 12.1 Å². The molecule has 0 saturated carbocycles. The number of alkyl halides is 3. The van der Waals surface area contributed by atoms with Gasteiger partial charge in [0.2, 0.25) is 0 Å². The van der Waals surface area contributed by atoms with E-state index in [9.17, 15) is 28.0 Å². The molecule has 0 unspecified atom stereocenters. The largest absolute Gasteiger partial charge is 0.494 e. The van der Waals surface area contributed by atoms with Gasteiger partial charge in [-0.1, -0.05) is 0 Å². The van der Waals surface area contributed by atoms with Crippen molar-refractivity contribution in [3.63, 3.8) is 0 Å². The van der Waals surface area contributed by atoms with Crippen molar-refractivity contribution in [3.05, 3.63) is 52.9 Å². The second kappa shape index (κ2) is 10.5. The highest BCUT2D eigenvalue weighted by molar-refractivity contribution is 5.99. The lowest BCUT2D eigenvalue weighted by Crippen LogP contribution is -2.36. The summed E-state index contributed by atoms with van der Waals surface area (Å²) in [6, 6.07) is 10.9. The second-order valence-electron chi connectivity index (χ2n) is 6.73. The number of aryl methyl sites for hydroxylation is 1. The maximum Gasteiger partial charge on any atom is 0.405 e.